The lowest BCUT2D eigenvalue weighted by Crippen LogP contribution is -2.40. The molecule has 5 unspecified atom stereocenters. The summed E-state index contributed by atoms with van der Waals surface area (Å²) in [6, 6.07) is 9.81. The maximum absolute atomic E-state index is 3.89. The van der Waals surface area contributed by atoms with Crippen LogP contribution in [0.25, 0.3) is 0 Å². The maximum atomic E-state index is 3.89. The van der Waals surface area contributed by atoms with Crippen molar-refractivity contribution in [2.24, 2.45) is 23.7 Å². The van der Waals surface area contributed by atoms with Crippen molar-refractivity contribution in [2.45, 2.75) is 51.5 Å². The second-order valence-electron chi connectivity index (χ2n) is 7.45. The van der Waals surface area contributed by atoms with Gasteiger partial charge in [0, 0.05) is 6.04 Å². The van der Waals surface area contributed by atoms with E-state index in [1.165, 1.54) is 43.2 Å². The highest BCUT2D eigenvalue weighted by molar-refractivity contribution is 5.22. The molecule has 3 saturated carbocycles. The highest BCUT2D eigenvalue weighted by Gasteiger charge is 2.53. The fourth-order valence-electron chi connectivity index (χ4n) is 5.57. The van der Waals surface area contributed by atoms with Crippen molar-refractivity contribution in [2.75, 3.05) is 6.54 Å². The standard InChI is InChI=1S/C19H27N/c1-13-4-2-5-14(10-13)8-9-20-19-12-15-11-18(19)17-7-3-6-16(15)17/h2,4-5,10,15-20H,3,6-9,11-12H2,1H3. The molecule has 1 aromatic rings. The van der Waals surface area contributed by atoms with Crippen molar-refractivity contribution in [1.82, 2.24) is 5.32 Å². The first-order valence-electron chi connectivity index (χ1n) is 8.60. The summed E-state index contributed by atoms with van der Waals surface area (Å²) in [6.07, 6.45) is 8.78. The SMILES string of the molecule is Cc1cccc(CCNC2CC3CC2C2CCCC32)c1. The molecule has 0 aliphatic heterocycles. The first-order chi connectivity index (χ1) is 9.81. The van der Waals surface area contributed by atoms with E-state index in [0.717, 1.165) is 36.3 Å². The number of aryl methyl sites for hydroxylation is 1. The van der Waals surface area contributed by atoms with Gasteiger partial charge < -0.3 is 5.32 Å². The fourth-order valence-corrected chi connectivity index (χ4v) is 5.57. The molecule has 3 fully saturated rings. The van der Waals surface area contributed by atoms with E-state index in [2.05, 4.69) is 36.5 Å². The zero-order chi connectivity index (χ0) is 13.5. The molecule has 2 bridgehead atoms. The van der Waals surface area contributed by atoms with Gasteiger partial charge in [-0.1, -0.05) is 36.2 Å². The lowest BCUT2D eigenvalue weighted by atomic mass is 9.79. The largest absolute Gasteiger partial charge is 0.313 e. The van der Waals surface area contributed by atoms with Crippen LogP contribution in [0.5, 0.6) is 0 Å². The van der Waals surface area contributed by atoms with Gasteiger partial charge in [0.05, 0.1) is 0 Å². The zero-order valence-corrected chi connectivity index (χ0v) is 12.6. The van der Waals surface area contributed by atoms with Crippen LogP contribution in [-0.4, -0.2) is 12.6 Å². The van der Waals surface area contributed by atoms with E-state index < -0.39 is 0 Å². The Morgan fingerprint density at radius 3 is 2.90 bits per heavy atom. The van der Waals surface area contributed by atoms with Gasteiger partial charge in [0.25, 0.3) is 0 Å². The molecule has 108 valence electrons. The molecule has 5 atom stereocenters. The Labute approximate surface area is 123 Å². The number of hydrogen-bond acceptors (Lipinski definition) is 1. The van der Waals surface area contributed by atoms with Crippen molar-refractivity contribution < 1.29 is 0 Å². The molecular formula is C19H27N. The molecule has 4 rings (SSSR count). The monoisotopic (exact) mass is 269 g/mol. The second-order valence-corrected chi connectivity index (χ2v) is 7.45. The molecular weight excluding hydrogens is 242 g/mol. The third-order valence-corrected chi connectivity index (χ3v) is 6.33. The van der Waals surface area contributed by atoms with Crippen LogP contribution in [0.15, 0.2) is 24.3 Å². The number of fused-ring (bicyclic) bond motifs is 5. The molecule has 0 amide bonds. The van der Waals surface area contributed by atoms with E-state index >= 15 is 0 Å². The van der Waals surface area contributed by atoms with Crippen LogP contribution in [0.4, 0.5) is 0 Å². The maximum Gasteiger partial charge on any atom is 0.0101 e. The fraction of sp³-hybridized carbons (Fsp3) is 0.684. The first kappa shape index (κ1) is 12.9. The Morgan fingerprint density at radius 2 is 2.00 bits per heavy atom. The Hall–Kier alpha value is -0.820. The van der Waals surface area contributed by atoms with Crippen LogP contribution in [0, 0.1) is 30.6 Å². The topological polar surface area (TPSA) is 12.0 Å². The summed E-state index contributed by atoms with van der Waals surface area (Å²) in [4.78, 5) is 0. The van der Waals surface area contributed by atoms with E-state index in [0.29, 0.717) is 0 Å². The normalized spacial score (nSPS) is 38.4. The van der Waals surface area contributed by atoms with Gasteiger partial charge in [0.1, 0.15) is 0 Å². The second kappa shape index (κ2) is 5.18. The van der Waals surface area contributed by atoms with Gasteiger partial charge in [-0.2, -0.15) is 0 Å². The lowest BCUT2D eigenvalue weighted by molar-refractivity contribution is 0.209. The summed E-state index contributed by atoms with van der Waals surface area (Å²) in [5.74, 6) is 4.30. The molecule has 0 spiro atoms. The summed E-state index contributed by atoms with van der Waals surface area (Å²) in [7, 11) is 0. The average Bonchev–Trinajstić information content (AvgIpc) is 3.11. The van der Waals surface area contributed by atoms with Crippen LogP contribution >= 0.6 is 0 Å². The van der Waals surface area contributed by atoms with E-state index in [4.69, 9.17) is 0 Å². The van der Waals surface area contributed by atoms with Gasteiger partial charge in [-0.3, -0.25) is 0 Å². The predicted molar refractivity (Wildman–Crippen MR) is 83.7 cm³/mol. The Bertz CT molecular complexity index is 480. The molecule has 1 nitrogen and oxygen atoms in total. The van der Waals surface area contributed by atoms with Gasteiger partial charge in [-0.05, 0) is 74.8 Å². The molecule has 1 N–H and O–H groups in total. The van der Waals surface area contributed by atoms with Crippen LogP contribution in [0.3, 0.4) is 0 Å². The molecule has 0 radical (unpaired) electrons. The van der Waals surface area contributed by atoms with Crippen molar-refractivity contribution in [3.8, 4) is 0 Å². The summed E-state index contributed by atoms with van der Waals surface area (Å²) in [6.45, 7) is 3.35. The Balaban J connectivity index is 1.31. The molecule has 1 heteroatoms. The van der Waals surface area contributed by atoms with Crippen LogP contribution in [-0.2, 0) is 6.42 Å². The van der Waals surface area contributed by atoms with Gasteiger partial charge in [-0.15, -0.1) is 0 Å². The highest BCUT2D eigenvalue weighted by Crippen LogP contribution is 2.58. The van der Waals surface area contributed by atoms with Crippen molar-refractivity contribution in [1.29, 1.82) is 0 Å². The summed E-state index contributed by atoms with van der Waals surface area (Å²) in [5, 5.41) is 3.89. The number of benzene rings is 1. The van der Waals surface area contributed by atoms with Crippen molar-refractivity contribution >= 4 is 0 Å². The van der Waals surface area contributed by atoms with Crippen LogP contribution < -0.4 is 5.32 Å². The van der Waals surface area contributed by atoms with E-state index in [9.17, 15) is 0 Å². The van der Waals surface area contributed by atoms with Crippen molar-refractivity contribution in [3.63, 3.8) is 0 Å². The molecule has 0 heterocycles. The van der Waals surface area contributed by atoms with Crippen LogP contribution in [0.1, 0.15) is 43.2 Å². The van der Waals surface area contributed by atoms with E-state index in [-0.39, 0.29) is 0 Å². The first-order valence-corrected chi connectivity index (χ1v) is 8.60. The quantitative estimate of drug-likeness (QED) is 0.872. The Kier molecular flexibility index (Phi) is 3.34. The number of hydrogen-bond donors (Lipinski definition) is 1. The molecule has 3 aliphatic carbocycles. The van der Waals surface area contributed by atoms with Gasteiger partial charge in [0.15, 0.2) is 0 Å². The number of nitrogens with one attached hydrogen (secondary N) is 1. The summed E-state index contributed by atoms with van der Waals surface area (Å²) < 4.78 is 0. The third-order valence-electron chi connectivity index (χ3n) is 6.33. The average molecular weight is 269 g/mol. The minimum absolute atomic E-state index is 0.837. The third kappa shape index (κ3) is 2.20. The molecule has 0 saturated heterocycles. The highest BCUT2D eigenvalue weighted by atomic mass is 14.9. The molecule has 20 heavy (non-hydrogen) atoms. The zero-order valence-electron chi connectivity index (χ0n) is 12.6. The summed E-state index contributed by atoms with van der Waals surface area (Å²) >= 11 is 0. The van der Waals surface area contributed by atoms with E-state index in [1.54, 1.807) is 6.42 Å². The van der Waals surface area contributed by atoms with Gasteiger partial charge in [-0.25, -0.2) is 0 Å². The van der Waals surface area contributed by atoms with Crippen LogP contribution in [0.2, 0.25) is 0 Å². The Morgan fingerprint density at radius 1 is 1.10 bits per heavy atom. The molecule has 0 aromatic heterocycles. The van der Waals surface area contributed by atoms with Gasteiger partial charge in [0.2, 0.25) is 0 Å². The molecule has 1 aromatic carbocycles. The summed E-state index contributed by atoms with van der Waals surface area (Å²) in [5.41, 5.74) is 2.87. The minimum atomic E-state index is 0.837. The van der Waals surface area contributed by atoms with Crippen molar-refractivity contribution in [3.05, 3.63) is 35.4 Å². The smallest absolute Gasteiger partial charge is 0.0101 e. The molecule has 3 aliphatic rings. The predicted octanol–water partition coefficient (Wildman–Crippen LogP) is 3.95. The van der Waals surface area contributed by atoms with Gasteiger partial charge >= 0.3 is 0 Å². The number of rotatable bonds is 4. The minimum Gasteiger partial charge on any atom is -0.313 e. The lowest BCUT2D eigenvalue weighted by Gasteiger charge is -2.32. The van der Waals surface area contributed by atoms with E-state index in [1.807, 2.05) is 0 Å².